The molecule has 0 aromatic carbocycles. The molecule has 4 rings (SSSR count). The summed E-state index contributed by atoms with van der Waals surface area (Å²) in [5.74, 6) is 2.91. The van der Waals surface area contributed by atoms with E-state index in [9.17, 15) is 13.2 Å². The van der Waals surface area contributed by atoms with E-state index in [0.29, 0.717) is 42.0 Å². The molecular weight excluding hydrogens is 358 g/mol. The van der Waals surface area contributed by atoms with Gasteiger partial charge in [-0.15, -0.1) is 0 Å². The summed E-state index contributed by atoms with van der Waals surface area (Å²) in [6.07, 6.45) is 6.86. The van der Waals surface area contributed by atoms with Crippen molar-refractivity contribution in [1.29, 1.82) is 0 Å². The van der Waals surface area contributed by atoms with Gasteiger partial charge in [0.05, 0.1) is 5.25 Å². The van der Waals surface area contributed by atoms with E-state index < -0.39 is 9.84 Å². The quantitative estimate of drug-likeness (QED) is 0.712. The van der Waals surface area contributed by atoms with Crippen LogP contribution in [0.4, 0.5) is 0 Å². The molecule has 1 amide bonds. The van der Waals surface area contributed by atoms with Gasteiger partial charge in [0.1, 0.15) is 0 Å². The molecule has 8 atom stereocenters. The van der Waals surface area contributed by atoms with Gasteiger partial charge >= 0.3 is 0 Å². The van der Waals surface area contributed by atoms with E-state index >= 15 is 0 Å². The second-order valence-corrected chi connectivity index (χ2v) is 13.3. The van der Waals surface area contributed by atoms with Crippen molar-refractivity contribution < 1.29 is 13.2 Å². The highest BCUT2D eigenvalue weighted by molar-refractivity contribution is 7.92. The number of carbonyl (C=O) groups excluding carboxylic acids is 1. The van der Waals surface area contributed by atoms with E-state index in [1.165, 1.54) is 6.42 Å². The van der Waals surface area contributed by atoms with E-state index in [4.69, 9.17) is 0 Å². The van der Waals surface area contributed by atoms with Crippen molar-refractivity contribution in [1.82, 2.24) is 4.90 Å². The SMILES string of the molecule is CCS(=O)(=O)[C@H]1C[C@H]2C3C(C)C[C@H]4N(C)C(=O)CC[C@]4(C)[C@H]3CC[C@]2(C)C1. The molecule has 4 fully saturated rings. The van der Waals surface area contributed by atoms with Gasteiger partial charge in [-0.25, -0.2) is 8.42 Å². The number of hydrogen-bond donors (Lipinski definition) is 0. The predicted octanol–water partition coefficient (Wildman–Crippen LogP) is 3.90. The number of sulfone groups is 1. The molecule has 27 heavy (non-hydrogen) atoms. The fourth-order valence-corrected chi connectivity index (χ4v) is 9.57. The zero-order valence-electron chi connectivity index (χ0n) is 17.7. The Bertz CT molecular complexity index is 734. The van der Waals surface area contributed by atoms with Crippen LogP contribution in [0.1, 0.15) is 72.6 Å². The monoisotopic (exact) mass is 395 g/mol. The second kappa shape index (κ2) is 6.21. The predicted molar refractivity (Wildman–Crippen MR) is 108 cm³/mol. The molecule has 1 heterocycles. The molecule has 0 spiro atoms. The molecule has 2 unspecified atom stereocenters. The first-order chi connectivity index (χ1) is 12.5. The van der Waals surface area contributed by atoms with E-state index in [2.05, 4.69) is 20.8 Å². The van der Waals surface area contributed by atoms with Crippen molar-refractivity contribution in [3.05, 3.63) is 0 Å². The van der Waals surface area contributed by atoms with Gasteiger partial charge in [-0.1, -0.05) is 27.7 Å². The van der Waals surface area contributed by atoms with E-state index in [-0.39, 0.29) is 21.8 Å². The van der Waals surface area contributed by atoms with Gasteiger partial charge in [0.25, 0.3) is 0 Å². The molecule has 3 aliphatic carbocycles. The van der Waals surface area contributed by atoms with Crippen molar-refractivity contribution in [3.8, 4) is 0 Å². The Kier molecular flexibility index (Phi) is 4.53. The van der Waals surface area contributed by atoms with Crippen molar-refractivity contribution in [3.63, 3.8) is 0 Å². The van der Waals surface area contributed by atoms with Gasteiger partial charge in [0.2, 0.25) is 5.91 Å². The molecule has 0 bridgehead atoms. The lowest BCUT2D eigenvalue weighted by atomic mass is 9.45. The van der Waals surface area contributed by atoms with Crippen LogP contribution in [0.15, 0.2) is 0 Å². The summed E-state index contributed by atoms with van der Waals surface area (Å²) in [5.41, 5.74) is 0.380. The maximum Gasteiger partial charge on any atom is 0.222 e. The second-order valence-electron chi connectivity index (χ2n) is 10.7. The molecule has 4 aliphatic rings. The maximum absolute atomic E-state index is 12.7. The lowest BCUT2D eigenvalue weighted by molar-refractivity contribution is -0.164. The zero-order chi connectivity index (χ0) is 19.8. The van der Waals surface area contributed by atoms with Crippen molar-refractivity contribution in [2.75, 3.05) is 12.8 Å². The Balaban J connectivity index is 1.68. The Hall–Kier alpha value is -0.580. The molecule has 5 heteroatoms. The van der Waals surface area contributed by atoms with Gasteiger partial charge in [0, 0.05) is 25.3 Å². The molecule has 0 aromatic heterocycles. The summed E-state index contributed by atoms with van der Waals surface area (Å²) >= 11 is 0. The maximum atomic E-state index is 12.7. The van der Waals surface area contributed by atoms with Crippen LogP contribution in [0, 0.1) is 34.5 Å². The number of carbonyl (C=O) groups is 1. The molecule has 3 saturated carbocycles. The Morgan fingerprint density at radius 2 is 1.85 bits per heavy atom. The number of rotatable bonds is 2. The van der Waals surface area contributed by atoms with Crippen LogP contribution in [-0.2, 0) is 14.6 Å². The summed E-state index contributed by atoms with van der Waals surface area (Å²) < 4.78 is 25.3. The van der Waals surface area contributed by atoms with E-state index in [1.54, 1.807) is 6.92 Å². The molecule has 0 radical (unpaired) electrons. The highest BCUT2D eigenvalue weighted by Gasteiger charge is 2.62. The molecular formula is C22H37NO3S. The molecule has 0 aromatic rings. The summed E-state index contributed by atoms with van der Waals surface area (Å²) in [5, 5.41) is -0.135. The summed E-state index contributed by atoms with van der Waals surface area (Å²) in [6, 6.07) is 0.357. The smallest absolute Gasteiger partial charge is 0.222 e. The van der Waals surface area contributed by atoms with Crippen molar-refractivity contribution in [2.24, 2.45) is 34.5 Å². The number of nitrogens with zero attached hydrogens (tertiary/aromatic N) is 1. The summed E-state index contributed by atoms with van der Waals surface area (Å²) in [6.45, 7) is 8.97. The number of fused-ring (bicyclic) bond motifs is 5. The van der Waals surface area contributed by atoms with Crippen LogP contribution in [0.5, 0.6) is 0 Å². The number of hydrogen-bond acceptors (Lipinski definition) is 3. The molecule has 4 nitrogen and oxygen atoms in total. The minimum Gasteiger partial charge on any atom is -0.342 e. The minimum atomic E-state index is -2.96. The lowest BCUT2D eigenvalue weighted by Gasteiger charge is -2.63. The first-order valence-electron chi connectivity index (χ1n) is 11.0. The first-order valence-corrected chi connectivity index (χ1v) is 12.7. The third-order valence-electron chi connectivity index (χ3n) is 9.57. The third-order valence-corrected chi connectivity index (χ3v) is 11.8. The standard InChI is InChI=1S/C22H37NO3S/c1-6-27(25,26)15-12-17-20-14(2)11-18-22(4,10-8-19(24)23(18)5)16(20)7-9-21(17,3)13-15/h14-18,20H,6-13H2,1-5H3/t14?,15-,16-,17-,18+,20?,21+,22+/m0/s1. The average Bonchev–Trinajstić information content (AvgIpc) is 2.99. The molecule has 1 aliphatic heterocycles. The number of amides is 1. The summed E-state index contributed by atoms with van der Waals surface area (Å²) in [4.78, 5) is 14.4. The molecule has 154 valence electrons. The van der Waals surface area contributed by atoms with Gasteiger partial charge in [-0.05, 0) is 73.0 Å². The molecule has 1 saturated heterocycles. The van der Waals surface area contributed by atoms with Crippen LogP contribution in [0.25, 0.3) is 0 Å². The van der Waals surface area contributed by atoms with Crippen LogP contribution >= 0.6 is 0 Å². The van der Waals surface area contributed by atoms with Crippen LogP contribution in [0.3, 0.4) is 0 Å². The highest BCUT2D eigenvalue weighted by atomic mass is 32.2. The van der Waals surface area contributed by atoms with Crippen LogP contribution < -0.4 is 0 Å². The Labute approximate surface area is 165 Å². The zero-order valence-corrected chi connectivity index (χ0v) is 18.5. The number of piperidine rings is 1. The highest BCUT2D eigenvalue weighted by Crippen LogP contribution is 2.66. The van der Waals surface area contributed by atoms with Crippen LogP contribution in [0.2, 0.25) is 0 Å². The minimum absolute atomic E-state index is 0.135. The van der Waals surface area contributed by atoms with Gasteiger partial charge in [0.15, 0.2) is 9.84 Å². The fourth-order valence-electron chi connectivity index (χ4n) is 7.97. The molecule has 0 N–H and O–H groups in total. The average molecular weight is 396 g/mol. The van der Waals surface area contributed by atoms with Gasteiger partial charge < -0.3 is 4.90 Å². The Morgan fingerprint density at radius 3 is 2.52 bits per heavy atom. The van der Waals surface area contributed by atoms with Gasteiger partial charge in [-0.3, -0.25) is 4.79 Å². The Morgan fingerprint density at radius 1 is 1.15 bits per heavy atom. The lowest BCUT2D eigenvalue weighted by Crippen LogP contribution is -2.62. The summed E-state index contributed by atoms with van der Waals surface area (Å²) in [7, 11) is -0.953. The largest absolute Gasteiger partial charge is 0.342 e. The van der Waals surface area contributed by atoms with Crippen LogP contribution in [-0.4, -0.2) is 43.3 Å². The van der Waals surface area contributed by atoms with Crippen molar-refractivity contribution >= 4 is 15.7 Å². The topological polar surface area (TPSA) is 54.5 Å². The van der Waals surface area contributed by atoms with Gasteiger partial charge in [-0.2, -0.15) is 0 Å². The van der Waals surface area contributed by atoms with Crippen molar-refractivity contribution in [2.45, 2.75) is 83.9 Å². The van der Waals surface area contributed by atoms with E-state index in [0.717, 1.165) is 32.1 Å². The number of likely N-dealkylation sites (tertiary alicyclic amines) is 1. The fraction of sp³-hybridized carbons (Fsp3) is 0.955. The third kappa shape index (κ3) is 2.73. The first kappa shape index (κ1) is 19.7. The normalized spacial score (nSPS) is 50.1. The van der Waals surface area contributed by atoms with E-state index in [1.807, 2.05) is 11.9 Å².